The van der Waals surface area contributed by atoms with Crippen LogP contribution >= 0.6 is 0 Å². The van der Waals surface area contributed by atoms with Crippen LogP contribution < -0.4 is 9.64 Å². The van der Waals surface area contributed by atoms with Gasteiger partial charge in [-0.05, 0) is 104 Å². The average Bonchev–Trinajstić information content (AvgIpc) is 3.54. The van der Waals surface area contributed by atoms with E-state index in [-0.39, 0.29) is 21.1 Å². The van der Waals surface area contributed by atoms with E-state index in [1.165, 1.54) is 33.6 Å². The van der Waals surface area contributed by atoms with Crippen LogP contribution in [0.5, 0.6) is 11.5 Å². The van der Waals surface area contributed by atoms with Crippen molar-refractivity contribution in [1.82, 2.24) is 19.3 Å². The van der Waals surface area contributed by atoms with E-state index >= 15 is 0 Å². The first-order chi connectivity index (χ1) is 23.1. The number of hydrogen-bond acceptors (Lipinski definition) is 4. The van der Waals surface area contributed by atoms with Gasteiger partial charge in [0.1, 0.15) is 5.82 Å². The summed E-state index contributed by atoms with van der Waals surface area (Å²) in [5, 5.41) is 7.36. The molecule has 250 valence electrons. The van der Waals surface area contributed by atoms with Gasteiger partial charge in [-0.15, -0.1) is 35.7 Å². The predicted octanol–water partition coefficient (Wildman–Crippen LogP) is 9.92. The molecule has 0 unspecified atom stereocenters. The Kier molecular flexibility index (Phi) is 9.55. The van der Waals surface area contributed by atoms with Crippen LogP contribution in [0.1, 0.15) is 41.9 Å². The molecule has 0 saturated heterocycles. The molecular formula is C42H41N5OPt. The van der Waals surface area contributed by atoms with Crippen molar-refractivity contribution in [2.45, 2.75) is 48.0 Å². The molecule has 0 aliphatic rings. The zero-order valence-electron chi connectivity index (χ0n) is 29.3. The third kappa shape index (κ3) is 6.42. The number of anilines is 1. The van der Waals surface area contributed by atoms with Crippen molar-refractivity contribution >= 4 is 27.5 Å². The van der Waals surface area contributed by atoms with Crippen LogP contribution in [0.15, 0.2) is 85.1 Å². The number of aryl methyl sites for hydroxylation is 4. The fourth-order valence-electron chi connectivity index (χ4n) is 6.82. The number of pyridine rings is 1. The Bertz CT molecular complexity index is 2290. The molecule has 7 aromatic rings. The second-order valence-electron chi connectivity index (χ2n) is 13.4. The van der Waals surface area contributed by atoms with Crippen LogP contribution in [0.25, 0.3) is 44.4 Å². The van der Waals surface area contributed by atoms with Gasteiger partial charge in [-0.3, -0.25) is 4.68 Å². The number of fused-ring (bicyclic) bond motifs is 3. The van der Waals surface area contributed by atoms with Crippen LogP contribution in [0.4, 0.5) is 5.69 Å². The van der Waals surface area contributed by atoms with E-state index in [9.17, 15) is 0 Å². The van der Waals surface area contributed by atoms with Crippen molar-refractivity contribution in [2.24, 2.45) is 5.92 Å². The number of nitrogens with zero attached hydrogens (tertiary/aromatic N) is 5. The van der Waals surface area contributed by atoms with Gasteiger partial charge in [0.2, 0.25) is 0 Å². The normalized spacial score (nSPS) is 11.4. The summed E-state index contributed by atoms with van der Waals surface area (Å²) in [6.45, 7) is 13.1. The summed E-state index contributed by atoms with van der Waals surface area (Å²) in [5.74, 6) is 2.51. The van der Waals surface area contributed by atoms with E-state index in [2.05, 4.69) is 137 Å². The van der Waals surface area contributed by atoms with Crippen molar-refractivity contribution < 1.29 is 25.8 Å². The number of rotatable bonds is 8. The number of ether oxygens (including phenoxy) is 1. The Labute approximate surface area is 303 Å². The smallest absolute Gasteiger partial charge is 0.509 e. The minimum Gasteiger partial charge on any atom is -0.509 e. The zero-order chi connectivity index (χ0) is 33.7. The summed E-state index contributed by atoms with van der Waals surface area (Å²) in [5.41, 5.74) is 12.3. The number of hydrogen-bond donors (Lipinski definition) is 0. The van der Waals surface area contributed by atoms with E-state index in [1.54, 1.807) is 0 Å². The third-order valence-electron chi connectivity index (χ3n) is 8.93. The molecule has 0 bridgehead atoms. The average molecular weight is 827 g/mol. The maximum absolute atomic E-state index is 6.49. The Morgan fingerprint density at radius 1 is 0.796 bits per heavy atom. The molecular weight excluding hydrogens is 786 g/mol. The molecule has 6 nitrogen and oxygen atoms in total. The molecule has 0 spiro atoms. The second-order valence-corrected chi connectivity index (χ2v) is 13.4. The Balaban J connectivity index is 0.00000417. The Hall–Kier alpha value is -4.67. The summed E-state index contributed by atoms with van der Waals surface area (Å²) >= 11 is 0. The third-order valence-corrected chi connectivity index (χ3v) is 8.93. The van der Waals surface area contributed by atoms with E-state index in [1.807, 2.05) is 30.5 Å². The van der Waals surface area contributed by atoms with Crippen LogP contribution in [-0.2, 0) is 27.5 Å². The molecule has 7 rings (SSSR count). The van der Waals surface area contributed by atoms with Crippen LogP contribution in [0.3, 0.4) is 0 Å². The van der Waals surface area contributed by atoms with Gasteiger partial charge in [0, 0.05) is 48.6 Å². The summed E-state index contributed by atoms with van der Waals surface area (Å²) in [6.07, 6.45) is 2.73. The molecule has 0 N–H and O–H groups in total. The van der Waals surface area contributed by atoms with E-state index in [0.29, 0.717) is 17.4 Å². The molecule has 3 aromatic heterocycles. The van der Waals surface area contributed by atoms with E-state index < -0.39 is 0 Å². The minimum absolute atomic E-state index is 0. The summed E-state index contributed by atoms with van der Waals surface area (Å²) in [4.78, 5) is 6.86. The van der Waals surface area contributed by atoms with Crippen LogP contribution in [0.2, 0.25) is 0 Å². The predicted molar refractivity (Wildman–Crippen MR) is 197 cm³/mol. The number of benzene rings is 4. The quantitative estimate of drug-likeness (QED) is 0.143. The maximum atomic E-state index is 6.49. The fourth-order valence-corrected chi connectivity index (χ4v) is 6.82. The first kappa shape index (κ1) is 34.2. The van der Waals surface area contributed by atoms with Crippen LogP contribution in [-0.4, -0.2) is 33.4 Å². The summed E-state index contributed by atoms with van der Waals surface area (Å²) in [6, 6.07) is 34.2. The molecule has 4 aromatic carbocycles. The van der Waals surface area contributed by atoms with E-state index in [0.717, 1.165) is 51.0 Å². The van der Waals surface area contributed by atoms with Crippen molar-refractivity contribution in [3.8, 4) is 34.1 Å². The second kappa shape index (κ2) is 13.7. The molecule has 49 heavy (non-hydrogen) atoms. The summed E-state index contributed by atoms with van der Waals surface area (Å²) in [7, 11) is 4.17. The Morgan fingerprint density at radius 3 is 2.24 bits per heavy atom. The molecule has 0 saturated carbocycles. The first-order valence-corrected chi connectivity index (χ1v) is 16.6. The fraction of sp³-hybridized carbons (Fsp3) is 0.238. The molecule has 0 aliphatic heterocycles. The standard InChI is InChI=1S/C42H41N5O.Pt/c1-26(2)20-39-42(41-28(4)22-32(45(7)8)23-29(41)5)30(6)44-47(39)31-12-11-13-33(24-31)48-34-16-17-36-35-14-9-10-15-37(35)46(38(36)25-34)40-21-27(3)18-19-43-40;/h9-19,21-23,26H,20H2,1-8H3;/q-2;+2. The van der Waals surface area contributed by atoms with Gasteiger partial charge in [0.25, 0.3) is 0 Å². The van der Waals surface area contributed by atoms with Crippen molar-refractivity contribution in [1.29, 1.82) is 0 Å². The van der Waals surface area contributed by atoms with Crippen molar-refractivity contribution in [3.63, 3.8) is 0 Å². The topological polar surface area (TPSA) is 48.1 Å². The minimum atomic E-state index is 0. The molecule has 0 aliphatic carbocycles. The molecule has 0 radical (unpaired) electrons. The number of para-hydroxylation sites is 1. The van der Waals surface area contributed by atoms with Crippen molar-refractivity contribution in [3.05, 3.63) is 125 Å². The zero-order valence-corrected chi connectivity index (χ0v) is 31.6. The molecule has 3 heterocycles. The largest absolute Gasteiger partial charge is 2.00 e. The Morgan fingerprint density at radius 2 is 1.53 bits per heavy atom. The molecule has 0 amide bonds. The SMILES string of the molecule is Cc1ccnc(-n2c3[c-]c(Oc4[c-]c(-n5nc(C)c(-c6c(C)cc(N(C)C)cc6C)c5CC(C)C)ccc4)ccc3c3ccccc32)c1.[Pt+2]. The van der Waals surface area contributed by atoms with Gasteiger partial charge in [-0.25, -0.2) is 4.98 Å². The van der Waals surface area contributed by atoms with Gasteiger partial charge in [0.05, 0.1) is 11.4 Å². The van der Waals surface area contributed by atoms with Gasteiger partial charge >= 0.3 is 21.1 Å². The molecule has 0 atom stereocenters. The number of aromatic nitrogens is 4. The van der Waals surface area contributed by atoms with Gasteiger partial charge in [-0.2, -0.15) is 17.2 Å². The van der Waals surface area contributed by atoms with E-state index in [4.69, 9.17) is 14.8 Å². The molecule has 0 fully saturated rings. The van der Waals surface area contributed by atoms with Gasteiger partial charge < -0.3 is 14.2 Å². The van der Waals surface area contributed by atoms with Gasteiger partial charge in [-0.1, -0.05) is 37.6 Å². The maximum Gasteiger partial charge on any atom is 2.00 e. The monoisotopic (exact) mass is 826 g/mol. The summed E-state index contributed by atoms with van der Waals surface area (Å²) < 4.78 is 10.7. The van der Waals surface area contributed by atoms with Gasteiger partial charge in [0.15, 0.2) is 0 Å². The van der Waals surface area contributed by atoms with Crippen LogP contribution in [0, 0.1) is 45.7 Å². The molecule has 7 heteroatoms. The van der Waals surface area contributed by atoms with Crippen molar-refractivity contribution in [2.75, 3.05) is 19.0 Å². The first-order valence-electron chi connectivity index (χ1n) is 16.6.